The standard InChI is InChI=1S/C27H25N3O3/c1-4-7-21(16-25(31)32)20-12-14-23(15-13-20)33-17-22-10-6-11-24-28-27(29-30(22)24)26-18(2)8-5-9-19(26)3/h5-6,8-15,21H,16-17H2,1-3H3,(H,31,32)/t21-/m0/s1. The van der Waals surface area contributed by atoms with E-state index in [4.69, 9.17) is 19.9 Å². The van der Waals surface area contributed by atoms with Crippen molar-refractivity contribution in [3.05, 3.63) is 83.0 Å². The van der Waals surface area contributed by atoms with Crippen molar-refractivity contribution >= 4 is 11.6 Å². The molecule has 2 heterocycles. The van der Waals surface area contributed by atoms with Gasteiger partial charge >= 0.3 is 5.97 Å². The summed E-state index contributed by atoms with van der Waals surface area (Å²) in [7, 11) is 0. The highest BCUT2D eigenvalue weighted by Crippen LogP contribution is 2.26. The Kier molecular flexibility index (Phi) is 6.41. The van der Waals surface area contributed by atoms with Crippen LogP contribution in [0.5, 0.6) is 5.75 Å². The fraction of sp³-hybridized carbons (Fsp3) is 0.222. The third kappa shape index (κ3) is 4.88. The van der Waals surface area contributed by atoms with E-state index in [1.165, 1.54) is 0 Å². The number of hydrogen-bond acceptors (Lipinski definition) is 4. The van der Waals surface area contributed by atoms with Crippen LogP contribution in [0.1, 0.15) is 41.6 Å². The minimum atomic E-state index is -0.871. The summed E-state index contributed by atoms with van der Waals surface area (Å²) in [4.78, 5) is 15.8. The highest BCUT2D eigenvalue weighted by molar-refractivity contribution is 5.69. The van der Waals surface area contributed by atoms with Gasteiger partial charge in [0.15, 0.2) is 11.5 Å². The molecule has 0 aliphatic heterocycles. The Morgan fingerprint density at radius 2 is 1.76 bits per heavy atom. The van der Waals surface area contributed by atoms with Crippen LogP contribution >= 0.6 is 0 Å². The Morgan fingerprint density at radius 1 is 1.06 bits per heavy atom. The average Bonchev–Trinajstić information content (AvgIpc) is 3.22. The van der Waals surface area contributed by atoms with E-state index < -0.39 is 5.97 Å². The van der Waals surface area contributed by atoms with Crippen molar-refractivity contribution in [2.75, 3.05) is 0 Å². The quantitative estimate of drug-likeness (QED) is 0.402. The number of aromatic nitrogens is 3. The van der Waals surface area contributed by atoms with Gasteiger partial charge in [-0.3, -0.25) is 4.79 Å². The summed E-state index contributed by atoms with van der Waals surface area (Å²) in [6, 6.07) is 19.4. The van der Waals surface area contributed by atoms with Gasteiger partial charge in [-0.1, -0.05) is 42.3 Å². The first-order chi connectivity index (χ1) is 16.0. The fourth-order valence-corrected chi connectivity index (χ4v) is 3.90. The largest absolute Gasteiger partial charge is 0.487 e. The molecule has 2 aromatic carbocycles. The Balaban J connectivity index is 1.54. The summed E-state index contributed by atoms with van der Waals surface area (Å²) in [5.74, 6) is 5.94. The molecule has 0 amide bonds. The lowest BCUT2D eigenvalue weighted by molar-refractivity contribution is -0.137. The van der Waals surface area contributed by atoms with E-state index in [2.05, 4.69) is 37.8 Å². The van der Waals surface area contributed by atoms with E-state index in [1.807, 2.05) is 53.0 Å². The smallest absolute Gasteiger partial charge is 0.304 e. The van der Waals surface area contributed by atoms with Crippen molar-refractivity contribution < 1.29 is 14.6 Å². The number of carbonyl (C=O) groups is 1. The van der Waals surface area contributed by atoms with Crippen molar-refractivity contribution in [2.45, 2.75) is 39.7 Å². The number of pyridine rings is 1. The first-order valence-electron chi connectivity index (χ1n) is 10.7. The maximum absolute atomic E-state index is 11.1. The molecule has 4 aromatic rings. The average molecular weight is 440 g/mol. The summed E-state index contributed by atoms with van der Waals surface area (Å²) in [6.45, 7) is 6.16. The maximum Gasteiger partial charge on any atom is 0.304 e. The number of rotatable bonds is 7. The van der Waals surface area contributed by atoms with Crippen molar-refractivity contribution in [2.24, 2.45) is 0 Å². The monoisotopic (exact) mass is 439 g/mol. The van der Waals surface area contributed by atoms with Crippen LogP contribution in [0.2, 0.25) is 0 Å². The van der Waals surface area contributed by atoms with E-state index in [0.717, 1.165) is 33.6 Å². The van der Waals surface area contributed by atoms with Crippen LogP contribution in [0.25, 0.3) is 17.0 Å². The summed E-state index contributed by atoms with van der Waals surface area (Å²) in [5.41, 5.74) is 5.82. The summed E-state index contributed by atoms with van der Waals surface area (Å²) in [5, 5.41) is 13.9. The normalized spacial score (nSPS) is 11.6. The van der Waals surface area contributed by atoms with Crippen molar-refractivity contribution in [1.82, 2.24) is 14.6 Å². The summed E-state index contributed by atoms with van der Waals surface area (Å²) < 4.78 is 7.81. The van der Waals surface area contributed by atoms with Crippen LogP contribution in [-0.2, 0) is 11.4 Å². The topological polar surface area (TPSA) is 76.7 Å². The predicted octanol–water partition coefficient (Wildman–Crippen LogP) is 5.17. The third-order valence-corrected chi connectivity index (χ3v) is 5.51. The number of aryl methyl sites for hydroxylation is 2. The number of fused-ring (bicyclic) bond motifs is 1. The highest BCUT2D eigenvalue weighted by Gasteiger charge is 2.15. The molecule has 0 saturated heterocycles. The molecule has 166 valence electrons. The van der Waals surface area contributed by atoms with Crippen LogP contribution in [0.4, 0.5) is 0 Å². The Morgan fingerprint density at radius 3 is 2.42 bits per heavy atom. The van der Waals surface area contributed by atoms with Crippen molar-refractivity contribution in [1.29, 1.82) is 0 Å². The maximum atomic E-state index is 11.1. The number of benzene rings is 2. The van der Waals surface area contributed by atoms with E-state index >= 15 is 0 Å². The second kappa shape index (κ2) is 9.58. The fourth-order valence-electron chi connectivity index (χ4n) is 3.90. The van der Waals surface area contributed by atoms with Crippen LogP contribution < -0.4 is 4.74 Å². The highest BCUT2D eigenvalue weighted by atomic mass is 16.5. The van der Waals surface area contributed by atoms with Crippen LogP contribution in [0, 0.1) is 25.7 Å². The SMILES string of the molecule is CC#C[C@@H](CC(=O)O)c1ccc(OCc2cccc3nc(-c4c(C)cccc4C)nn23)cc1. The van der Waals surface area contributed by atoms with Crippen LogP contribution in [-0.4, -0.2) is 25.7 Å². The van der Waals surface area contributed by atoms with Crippen LogP contribution in [0.15, 0.2) is 60.7 Å². The van der Waals surface area contributed by atoms with Gasteiger partial charge in [0, 0.05) is 5.56 Å². The molecule has 0 aliphatic carbocycles. The molecule has 0 unspecified atom stereocenters. The molecule has 1 atom stereocenters. The Labute approximate surface area is 192 Å². The van der Waals surface area contributed by atoms with Gasteiger partial charge in [-0.2, -0.15) is 0 Å². The number of carboxylic acid groups (broad SMARTS) is 1. The first-order valence-corrected chi connectivity index (χ1v) is 10.7. The molecule has 1 N–H and O–H groups in total. The summed E-state index contributed by atoms with van der Waals surface area (Å²) >= 11 is 0. The molecule has 4 rings (SSSR count). The zero-order valence-electron chi connectivity index (χ0n) is 18.9. The molecule has 0 aliphatic rings. The Hall–Kier alpha value is -4.11. The lowest BCUT2D eigenvalue weighted by Gasteiger charge is -2.11. The minimum Gasteiger partial charge on any atom is -0.487 e. The van der Waals surface area contributed by atoms with Gasteiger partial charge in [0.2, 0.25) is 0 Å². The van der Waals surface area contributed by atoms with E-state index in [-0.39, 0.29) is 12.3 Å². The van der Waals surface area contributed by atoms with E-state index in [0.29, 0.717) is 18.2 Å². The zero-order chi connectivity index (χ0) is 23.4. The minimum absolute atomic E-state index is 0.0297. The third-order valence-electron chi connectivity index (χ3n) is 5.51. The predicted molar refractivity (Wildman–Crippen MR) is 127 cm³/mol. The number of ether oxygens (including phenoxy) is 1. The van der Waals surface area contributed by atoms with Crippen molar-refractivity contribution in [3.8, 4) is 29.0 Å². The number of hydrogen-bond donors (Lipinski definition) is 1. The molecule has 6 heteroatoms. The van der Waals surface area contributed by atoms with Crippen molar-refractivity contribution in [3.63, 3.8) is 0 Å². The van der Waals surface area contributed by atoms with Gasteiger partial charge in [-0.05, 0) is 61.7 Å². The molecule has 33 heavy (non-hydrogen) atoms. The van der Waals surface area contributed by atoms with Gasteiger partial charge < -0.3 is 9.84 Å². The van der Waals surface area contributed by atoms with Crippen LogP contribution in [0.3, 0.4) is 0 Å². The lowest BCUT2D eigenvalue weighted by Crippen LogP contribution is -2.05. The number of carboxylic acids is 1. The van der Waals surface area contributed by atoms with E-state index in [9.17, 15) is 4.79 Å². The molecule has 0 fully saturated rings. The molecule has 0 spiro atoms. The lowest BCUT2D eigenvalue weighted by atomic mass is 9.96. The molecular formula is C27H25N3O3. The summed E-state index contributed by atoms with van der Waals surface area (Å²) in [6.07, 6.45) is -0.0297. The molecular weight excluding hydrogens is 414 g/mol. The molecule has 6 nitrogen and oxygen atoms in total. The van der Waals surface area contributed by atoms with Gasteiger partial charge in [-0.15, -0.1) is 11.0 Å². The molecule has 0 bridgehead atoms. The van der Waals surface area contributed by atoms with Gasteiger partial charge in [-0.25, -0.2) is 9.50 Å². The second-order valence-electron chi connectivity index (χ2n) is 7.89. The number of nitrogens with zero attached hydrogens (tertiary/aromatic N) is 3. The zero-order valence-corrected chi connectivity index (χ0v) is 18.9. The Bertz CT molecular complexity index is 1340. The van der Waals surface area contributed by atoms with Gasteiger partial charge in [0.05, 0.1) is 18.0 Å². The first kappa shape index (κ1) is 22.1. The van der Waals surface area contributed by atoms with Gasteiger partial charge in [0.1, 0.15) is 12.4 Å². The second-order valence-corrected chi connectivity index (χ2v) is 7.89. The van der Waals surface area contributed by atoms with E-state index in [1.54, 1.807) is 6.92 Å². The molecule has 0 radical (unpaired) electrons. The van der Waals surface area contributed by atoms with Gasteiger partial charge in [0.25, 0.3) is 0 Å². The molecule has 0 saturated carbocycles. The molecule has 2 aromatic heterocycles. The number of aliphatic carboxylic acids is 1.